The maximum absolute atomic E-state index is 14.5. The van der Waals surface area contributed by atoms with Crippen LogP contribution in [0.4, 0.5) is 9.59 Å². The Kier molecular flexibility index (Phi) is 48.5. The summed E-state index contributed by atoms with van der Waals surface area (Å²) >= 11 is 0. The number of carbonyl (C=O) groups is 12. The van der Waals surface area contributed by atoms with Crippen LogP contribution in [0.1, 0.15) is 113 Å². The van der Waals surface area contributed by atoms with E-state index in [2.05, 4.69) is 62.5 Å². The Morgan fingerprint density at radius 3 is 1.10 bits per heavy atom. The summed E-state index contributed by atoms with van der Waals surface area (Å²) in [6.07, 6.45) is 3.04. The molecule has 2 heterocycles. The van der Waals surface area contributed by atoms with Crippen molar-refractivity contribution in [2.45, 2.75) is 166 Å². The van der Waals surface area contributed by atoms with Crippen molar-refractivity contribution >= 4 is 105 Å². The molecule has 12 amide bonds. The minimum Gasteiger partial charge on any atom is -0.508 e. The minimum atomic E-state index is -1.36. The molecule has 0 aliphatic heterocycles. The number of hydrogen-bond donors (Lipinski definition) is 19. The number of aliphatic imine (C=N–C) groups is 2. The molecular formula is C91H127N21O21Pd. The molecule has 0 saturated carbocycles. The maximum Gasteiger partial charge on any atom is 0.407 e. The zero-order chi connectivity index (χ0) is 96.5. The minimum absolute atomic E-state index is 0. The fourth-order valence-electron chi connectivity index (χ4n) is 13.9. The van der Waals surface area contributed by atoms with Gasteiger partial charge in [-0.1, -0.05) is 127 Å². The van der Waals surface area contributed by atoms with Crippen LogP contribution in [0.5, 0.6) is 11.5 Å². The molecule has 0 aliphatic rings. The number of amides is 12. The standard InChI is InChI=1S/C45H59N11O10.C45H60N10O8.CH4O.2H2O.Pd/c1-45(2,3)66-44(63)49-22-20-30(23-29-16-18-32(57)19-17-29)39(59)52-36(24-28-11-6-5-7-12-28)41(61)51-35(15-10-21-48-43(47)54-56(64)65)40(60)53-37(42(62)55(4)27-38(46)58)25-31-26-50-34-14-9-8-13-33(31)34;1-45(2,3)63-44(62)50-22-20-30(23-29-16-18-32(56)19-17-29)39(58)53-36(24-28-11-6-5-7-12-28)41(60)52-35(15-10-21-49-43(47)48)40(59)54-37(42(61)55(4)27-38(46)57)25-31-26-51-34-14-9-8-13-33(31)34;1-2;;;/h5-9,11-14,16-19,26,30,35-37,50,57H,10,15,20-25,27H2,1-4H3,(H2,46,58)(H,49,63)(H,51,61)(H,52,59)(H,53,60)(H3,47,48,54);5-9,11-14,16-19,26,30,35-37,51,56H,10,15,20-25,27H2,1-4H3,(H2,46,57)(H,50,62)(H,52,60)(H,53,58)(H,54,59)(H4,47,48,49);2H,1H3;2*1H2;/t2*30-,35-,36+,37-;;;;/m00..../s1. The van der Waals surface area contributed by atoms with E-state index in [9.17, 15) is 77.9 Å². The molecule has 0 bridgehead atoms. The van der Waals surface area contributed by atoms with Crippen LogP contribution in [0.15, 0.2) is 180 Å². The van der Waals surface area contributed by atoms with Crippen molar-refractivity contribution in [3.05, 3.63) is 214 Å². The molecule has 732 valence electrons. The first kappa shape index (κ1) is 114. The summed E-state index contributed by atoms with van der Waals surface area (Å²) < 4.78 is 10.7. The van der Waals surface area contributed by atoms with E-state index in [1.807, 2.05) is 54.6 Å². The molecule has 0 unspecified atom stereocenters. The third-order valence-electron chi connectivity index (χ3n) is 20.0. The second-order valence-corrected chi connectivity index (χ2v) is 33.0. The molecule has 6 aromatic carbocycles. The number of nitrogens with zero attached hydrogens (tertiary/aromatic N) is 5. The number of nitro groups is 1. The van der Waals surface area contributed by atoms with Gasteiger partial charge < -0.3 is 127 Å². The van der Waals surface area contributed by atoms with Gasteiger partial charge in [0.15, 0.2) is 11.0 Å². The normalized spacial score (nSPS) is 12.7. The second kappa shape index (κ2) is 57.1. The van der Waals surface area contributed by atoms with Gasteiger partial charge in [0.05, 0.1) is 13.1 Å². The van der Waals surface area contributed by atoms with Gasteiger partial charge >= 0.3 is 12.2 Å². The smallest absolute Gasteiger partial charge is 0.407 e. The monoisotopic (exact) mass is 1960 g/mol. The molecule has 0 aliphatic carbocycles. The first-order chi connectivity index (χ1) is 62.1. The maximum atomic E-state index is 14.5. The number of aromatic amines is 2. The topological polar surface area (TPSA) is 691 Å². The molecule has 134 heavy (non-hydrogen) atoms. The summed E-state index contributed by atoms with van der Waals surface area (Å²) in [5.41, 5.74) is 33.6. The van der Waals surface area contributed by atoms with Crippen LogP contribution in [0.2, 0.25) is 0 Å². The molecule has 0 spiro atoms. The van der Waals surface area contributed by atoms with Crippen LogP contribution < -0.4 is 76.6 Å². The summed E-state index contributed by atoms with van der Waals surface area (Å²) in [6, 6.07) is 37.7. The summed E-state index contributed by atoms with van der Waals surface area (Å²) in [6.45, 7) is 9.65. The molecule has 8 atom stereocenters. The first-order valence-electron chi connectivity index (χ1n) is 42.4. The average molecular weight is 1960 g/mol. The van der Waals surface area contributed by atoms with Gasteiger partial charge in [0.1, 0.15) is 59.0 Å². The van der Waals surface area contributed by atoms with E-state index in [0.717, 1.165) is 55.4 Å². The third kappa shape index (κ3) is 41.0. The fourth-order valence-corrected chi connectivity index (χ4v) is 13.9. The number of hydrogen-bond acceptors (Lipinski definition) is 21. The fraction of sp³-hybridized carbons (Fsp3) is 0.407. The van der Waals surface area contributed by atoms with Crippen molar-refractivity contribution in [1.82, 2.24) is 67.7 Å². The van der Waals surface area contributed by atoms with Crippen molar-refractivity contribution in [2.75, 3.05) is 60.5 Å². The molecule has 28 N–H and O–H groups in total. The number of aliphatic hydroxyl groups excluding tert-OH is 1. The largest absolute Gasteiger partial charge is 0.508 e. The van der Waals surface area contributed by atoms with Crippen LogP contribution in [-0.4, -0.2) is 242 Å². The van der Waals surface area contributed by atoms with E-state index in [4.69, 9.17) is 43.2 Å². The Morgan fingerprint density at radius 2 is 0.754 bits per heavy atom. The summed E-state index contributed by atoms with van der Waals surface area (Å²) in [5.74, 6) is -8.88. The third-order valence-corrected chi connectivity index (χ3v) is 20.0. The Morgan fingerprint density at radius 1 is 0.433 bits per heavy atom. The molecule has 8 rings (SSSR count). The van der Waals surface area contributed by atoms with Gasteiger partial charge in [-0.2, -0.15) is 0 Å². The number of nitrogens with one attached hydrogen (secondary N) is 11. The number of aromatic hydroxyl groups is 2. The van der Waals surface area contributed by atoms with Crippen LogP contribution >= 0.6 is 0 Å². The molecule has 8 aromatic rings. The molecule has 0 radical (unpaired) electrons. The van der Waals surface area contributed by atoms with E-state index in [-0.39, 0.29) is 152 Å². The van der Waals surface area contributed by atoms with Crippen molar-refractivity contribution in [1.29, 1.82) is 0 Å². The second-order valence-electron chi connectivity index (χ2n) is 33.0. The quantitative estimate of drug-likeness (QED) is 0.00643. The zero-order valence-electron chi connectivity index (χ0n) is 76.3. The molecule has 0 fully saturated rings. The number of phenolic OH excluding ortho intramolecular Hbond substituents is 2. The Balaban J connectivity index is 0.000000664. The van der Waals surface area contributed by atoms with E-state index in [0.29, 0.717) is 16.7 Å². The number of aliphatic hydroxyl groups is 1. The summed E-state index contributed by atoms with van der Waals surface area (Å²) in [4.78, 5) is 190. The number of rotatable bonds is 45. The number of aromatic nitrogens is 2. The summed E-state index contributed by atoms with van der Waals surface area (Å²) in [7, 11) is 3.76. The number of nitrogens with two attached hydrogens (primary N) is 5. The number of likely N-dealkylation sites (N-methyl/N-ethyl adjacent to an activating group) is 2. The van der Waals surface area contributed by atoms with Crippen molar-refractivity contribution in [3.8, 4) is 11.5 Å². The van der Waals surface area contributed by atoms with Gasteiger partial charge in [0.25, 0.3) is 5.96 Å². The number of H-pyrrole nitrogens is 2. The number of para-hydroxylation sites is 2. The number of ether oxygens (including phenoxy) is 2. The number of benzene rings is 6. The van der Waals surface area contributed by atoms with Gasteiger partial charge in [0, 0.05) is 140 Å². The molecule has 2 aromatic heterocycles. The SMILES string of the molecule is CN(CC(N)=O)C(=O)[C@H](Cc1c[nH]c2ccccc12)NC(=O)[C@H](CCCN=C(N)N)NC(=O)[C@@H](Cc1ccccc1)NC(=O)[C@@H](CCNC(=O)OC(C)(C)C)Cc1ccc(O)cc1.CN(CC(N)=O)C(=O)[C@H](Cc1c[nH]c2ccccc12)NC(=O)[C@H](CCCN=C(N)N[N+](=O)[O-])NC(=O)[C@@H](Cc1ccccc1)NC(=O)[C@@H](CCNC(=O)OC(C)(C)C)Cc1ccc(O)cc1.CO.O.O.[Pd]. The number of guanidine groups is 2. The Hall–Kier alpha value is -14.3. The predicted molar refractivity (Wildman–Crippen MR) is 499 cm³/mol. The van der Waals surface area contributed by atoms with Gasteiger partial charge in [0.2, 0.25) is 59.1 Å². The van der Waals surface area contributed by atoms with Crippen molar-refractivity contribution < 1.29 is 119 Å². The van der Waals surface area contributed by atoms with Crippen LogP contribution in [0.3, 0.4) is 0 Å². The molecule has 0 saturated heterocycles. The van der Waals surface area contributed by atoms with Gasteiger partial charge in [-0.15, -0.1) is 0 Å². The van der Waals surface area contributed by atoms with Crippen molar-refractivity contribution in [2.24, 2.45) is 50.5 Å². The van der Waals surface area contributed by atoms with Gasteiger partial charge in [-0.3, -0.25) is 52.9 Å². The van der Waals surface area contributed by atoms with Crippen LogP contribution in [0, 0.1) is 22.0 Å². The first-order valence-corrected chi connectivity index (χ1v) is 42.4. The number of carbonyl (C=O) groups excluding carboxylic acids is 12. The molecule has 42 nitrogen and oxygen atoms in total. The predicted octanol–water partition coefficient (Wildman–Crippen LogP) is 1.55. The van der Waals surface area contributed by atoms with E-state index >= 15 is 0 Å². The van der Waals surface area contributed by atoms with E-state index < -0.39 is 155 Å². The number of alkyl carbamates (subject to hydrolysis) is 2. The number of hydrazine groups is 1. The molecular weight excluding hydrogens is 1830 g/mol. The average Bonchev–Trinajstić information content (AvgIpc) is 1.58. The Labute approximate surface area is 789 Å². The summed E-state index contributed by atoms with van der Waals surface area (Å²) in [5, 5.41) is 60.6. The van der Waals surface area contributed by atoms with Crippen LogP contribution in [-0.2, 0) is 116 Å². The van der Waals surface area contributed by atoms with E-state index in [1.165, 1.54) is 38.4 Å². The number of primary amides is 2. The van der Waals surface area contributed by atoms with Crippen molar-refractivity contribution in [3.63, 3.8) is 0 Å². The zero-order valence-corrected chi connectivity index (χ0v) is 77.9. The van der Waals surface area contributed by atoms with Crippen LogP contribution in [0.25, 0.3) is 21.8 Å². The van der Waals surface area contributed by atoms with Gasteiger partial charge in [-0.25, -0.2) is 24.7 Å². The Bertz CT molecular complexity index is 5180. The van der Waals surface area contributed by atoms with Gasteiger partial charge in [-0.05, 0) is 163 Å². The van der Waals surface area contributed by atoms with E-state index in [1.54, 1.807) is 138 Å². The number of phenols is 2. The molecule has 43 heteroatoms. The number of fused-ring (bicyclic) bond motifs is 2.